The minimum absolute atomic E-state index is 0.580. The third-order valence-electron chi connectivity index (χ3n) is 7.48. The lowest BCUT2D eigenvalue weighted by molar-refractivity contribution is 0.270. The van der Waals surface area contributed by atoms with Crippen LogP contribution in [0.5, 0.6) is 0 Å². The summed E-state index contributed by atoms with van der Waals surface area (Å²) < 4.78 is 0. The molecular weight excluding hydrogens is 510 g/mol. The van der Waals surface area contributed by atoms with Crippen molar-refractivity contribution in [1.29, 1.82) is 0 Å². The van der Waals surface area contributed by atoms with Gasteiger partial charge < -0.3 is 25.3 Å². The predicted octanol–water partition coefficient (Wildman–Crippen LogP) is 5.69. The highest BCUT2D eigenvalue weighted by Crippen LogP contribution is 2.28. The summed E-state index contributed by atoms with van der Waals surface area (Å²) in [6.45, 7) is 9.17. The standard InChI is InChI=1S/C29H34ClN9/c1-2-37-16-18-39(19-17-37)29-35-27(34-28(36-29)38-14-4-3-5-15-38)33-23-9-7-22(8-10-23)32-25-12-13-31-26-20-21(30)6-11-24(25)26/h6-13,20H,2-5,14-19H2,1H3,(H,31,32)(H,33,34,35,36). The second-order valence-corrected chi connectivity index (χ2v) is 10.5. The van der Waals surface area contributed by atoms with Crippen molar-refractivity contribution in [2.24, 2.45) is 0 Å². The number of nitrogens with one attached hydrogen (secondary N) is 2. The maximum atomic E-state index is 6.15. The molecule has 2 N–H and O–H groups in total. The van der Waals surface area contributed by atoms with Crippen LogP contribution < -0.4 is 20.4 Å². The lowest BCUT2D eigenvalue weighted by Gasteiger charge is -2.34. The molecule has 2 aromatic carbocycles. The highest BCUT2D eigenvalue weighted by atomic mass is 35.5. The quantitative estimate of drug-likeness (QED) is 0.305. The average Bonchev–Trinajstić information content (AvgIpc) is 2.98. The molecule has 2 saturated heterocycles. The molecule has 0 spiro atoms. The molecule has 0 aliphatic carbocycles. The normalized spacial score (nSPS) is 16.5. The summed E-state index contributed by atoms with van der Waals surface area (Å²) in [5, 5.41) is 8.63. The van der Waals surface area contributed by atoms with Crippen LogP contribution in [-0.4, -0.2) is 70.6 Å². The van der Waals surface area contributed by atoms with Crippen LogP contribution >= 0.6 is 11.6 Å². The van der Waals surface area contributed by atoms with E-state index >= 15 is 0 Å². The van der Waals surface area contributed by atoms with Gasteiger partial charge >= 0.3 is 0 Å². The second-order valence-electron chi connectivity index (χ2n) is 10.1. The van der Waals surface area contributed by atoms with Crippen LogP contribution in [0.1, 0.15) is 26.2 Å². The first-order valence-corrected chi connectivity index (χ1v) is 14.2. The van der Waals surface area contributed by atoms with Crippen LogP contribution in [0, 0.1) is 0 Å². The van der Waals surface area contributed by atoms with E-state index in [1.807, 2.05) is 48.5 Å². The van der Waals surface area contributed by atoms with Crippen LogP contribution in [-0.2, 0) is 0 Å². The molecule has 2 fully saturated rings. The third-order valence-corrected chi connectivity index (χ3v) is 7.71. The van der Waals surface area contributed by atoms with Crippen LogP contribution in [0.2, 0.25) is 5.02 Å². The Balaban J connectivity index is 1.21. The number of fused-ring (bicyclic) bond motifs is 1. The molecule has 9 nitrogen and oxygen atoms in total. The Morgan fingerprint density at radius 3 is 2.10 bits per heavy atom. The van der Waals surface area contributed by atoms with Gasteiger partial charge in [0.05, 0.1) is 5.52 Å². The smallest absolute Gasteiger partial charge is 0.233 e. The fourth-order valence-corrected chi connectivity index (χ4v) is 5.37. The Labute approximate surface area is 234 Å². The largest absolute Gasteiger partial charge is 0.355 e. The van der Waals surface area contributed by atoms with E-state index in [2.05, 4.69) is 37.2 Å². The number of rotatable bonds is 7. The van der Waals surface area contributed by atoms with Gasteiger partial charge in [0.25, 0.3) is 0 Å². The molecule has 2 aliphatic rings. The number of benzene rings is 2. The van der Waals surface area contributed by atoms with Gasteiger partial charge in [-0.2, -0.15) is 15.0 Å². The van der Waals surface area contributed by atoms with Crippen molar-refractivity contribution in [3.05, 3.63) is 59.8 Å². The van der Waals surface area contributed by atoms with E-state index in [1.165, 1.54) is 19.3 Å². The summed E-state index contributed by atoms with van der Waals surface area (Å²) >= 11 is 6.15. The maximum Gasteiger partial charge on any atom is 0.233 e. The number of nitrogens with zero attached hydrogens (tertiary/aromatic N) is 7. The van der Waals surface area contributed by atoms with Crippen LogP contribution in [0.4, 0.5) is 34.9 Å². The Morgan fingerprint density at radius 2 is 1.41 bits per heavy atom. The van der Waals surface area contributed by atoms with E-state index in [0.717, 1.165) is 85.7 Å². The van der Waals surface area contributed by atoms with Crippen molar-refractivity contribution in [3.63, 3.8) is 0 Å². The van der Waals surface area contributed by atoms with Crippen LogP contribution in [0.15, 0.2) is 54.7 Å². The fourth-order valence-electron chi connectivity index (χ4n) is 5.20. The number of piperidine rings is 1. The highest BCUT2D eigenvalue weighted by molar-refractivity contribution is 6.31. The molecule has 2 aliphatic heterocycles. The summed E-state index contributed by atoms with van der Waals surface area (Å²) in [6.07, 6.45) is 5.40. The topological polar surface area (TPSA) is 85.3 Å². The van der Waals surface area contributed by atoms with Gasteiger partial charge in [-0.25, -0.2) is 0 Å². The van der Waals surface area contributed by atoms with E-state index in [9.17, 15) is 0 Å². The number of hydrogen-bond acceptors (Lipinski definition) is 9. The number of hydrogen-bond donors (Lipinski definition) is 2. The lowest BCUT2D eigenvalue weighted by Crippen LogP contribution is -2.47. The molecule has 0 bridgehead atoms. The van der Waals surface area contributed by atoms with Gasteiger partial charge in [0, 0.05) is 72.9 Å². The van der Waals surface area contributed by atoms with E-state index in [4.69, 9.17) is 26.6 Å². The Hall–Kier alpha value is -3.69. The SMILES string of the molecule is CCN1CCN(c2nc(Nc3ccc(Nc4ccnc5cc(Cl)ccc45)cc3)nc(N3CCCCC3)n2)CC1. The van der Waals surface area contributed by atoms with Crippen molar-refractivity contribution in [2.75, 3.05) is 66.2 Å². The molecule has 39 heavy (non-hydrogen) atoms. The molecule has 0 unspecified atom stereocenters. The summed E-state index contributed by atoms with van der Waals surface area (Å²) in [4.78, 5) is 26.1. The van der Waals surface area contributed by atoms with Gasteiger partial charge in [0.2, 0.25) is 17.8 Å². The molecule has 4 aromatic rings. The Kier molecular flexibility index (Phi) is 7.60. The Bertz CT molecular complexity index is 1410. The maximum absolute atomic E-state index is 6.15. The minimum Gasteiger partial charge on any atom is -0.355 e. The number of halogens is 1. The molecule has 10 heteroatoms. The Morgan fingerprint density at radius 1 is 0.744 bits per heavy atom. The minimum atomic E-state index is 0.580. The average molecular weight is 544 g/mol. The predicted molar refractivity (Wildman–Crippen MR) is 160 cm³/mol. The molecular formula is C29H34ClN9. The first-order chi connectivity index (χ1) is 19.1. The van der Waals surface area contributed by atoms with Crippen molar-refractivity contribution < 1.29 is 0 Å². The van der Waals surface area contributed by atoms with E-state index in [0.29, 0.717) is 11.0 Å². The zero-order valence-corrected chi connectivity index (χ0v) is 23.0. The molecule has 0 saturated carbocycles. The molecule has 0 atom stereocenters. The summed E-state index contributed by atoms with van der Waals surface area (Å²) in [5.74, 6) is 2.10. The van der Waals surface area contributed by atoms with Gasteiger partial charge in [-0.05, 0) is 74.3 Å². The highest BCUT2D eigenvalue weighted by Gasteiger charge is 2.22. The first-order valence-electron chi connectivity index (χ1n) is 13.8. The van der Waals surface area contributed by atoms with Gasteiger partial charge in [-0.1, -0.05) is 18.5 Å². The molecule has 6 rings (SSSR count). The van der Waals surface area contributed by atoms with E-state index in [1.54, 1.807) is 6.20 Å². The number of aromatic nitrogens is 4. The molecule has 202 valence electrons. The van der Waals surface area contributed by atoms with Gasteiger partial charge in [-0.15, -0.1) is 0 Å². The number of likely N-dealkylation sites (N-methyl/N-ethyl adjacent to an activating group) is 1. The summed E-state index contributed by atoms with van der Waals surface area (Å²) in [7, 11) is 0. The summed E-state index contributed by atoms with van der Waals surface area (Å²) in [6, 6.07) is 15.9. The number of piperazine rings is 1. The fraction of sp³-hybridized carbons (Fsp3) is 0.379. The van der Waals surface area contributed by atoms with Crippen molar-refractivity contribution in [1.82, 2.24) is 24.8 Å². The van der Waals surface area contributed by atoms with Crippen LogP contribution in [0.25, 0.3) is 10.9 Å². The number of anilines is 6. The van der Waals surface area contributed by atoms with E-state index < -0.39 is 0 Å². The van der Waals surface area contributed by atoms with E-state index in [-0.39, 0.29) is 0 Å². The zero-order chi connectivity index (χ0) is 26.6. The molecule has 2 aromatic heterocycles. The first kappa shape index (κ1) is 25.6. The van der Waals surface area contributed by atoms with Crippen molar-refractivity contribution >= 4 is 57.4 Å². The van der Waals surface area contributed by atoms with Crippen molar-refractivity contribution in [2.45, 2.75) is 26.2 Å². The molecule has 4 heterocycles. The third kappa shape index (κ3) is 5.99. The number of pyridine rings is 1. The van der Waals surface area contributed by atoms with Crippen molar-refractivity contribution in [3.8, 4) is 0 Å². The second kappa shape index (κ2) is 11.6. The molecule has 0 amide bonds. The lowest BCUT2D eigenvalue weighted by atomic mass is 10.1. The zero-order valence-electron chi connectivity index (χ0n) is 22.3. The summed E-state index contributed by atoms with van der Waals surface area (Å²) in [5.41, 5.74) is 3.73. The van der Waals surface area contributed by atoms with Gasteiger partial charge in [0.15, 0.2) is 0 Å². The van der Waals surface area contributed by atoms with Gasteiger partial charge in [0.1, 0.15) is 0 Å². The van der Waals surface area contributed by atoms with Crippen LogP contribution in [0.3, 0.4) is 0 Å². The van der Waals surface area contributed by atoms with Gasteiger partial charge in [-0.3, -0.25) is 4.98 Å². The monoisotopic (exact) mass is 543 g/mol. The molecule has 0 radical (unpaired) electrons.